The van der Waals surface area contributed by atoms with Crippen molar-refractivity contribution >= 4 is 5.97 Å². The maximum Gasteiger partial charge on any atom is 0.309 e. The third-order valence-corrected chi connectivity index (χ3v) is 5.38. The van der Waals surface area contributed by atoms with Gasteiger partial charge >= 0.3 is 5.97 Å². The number of hydrogen-bond donors (Lipinski definition) is 1. The maximum absolute atomic E-state index is 11.7. The molecule has 0 aromatic carbocycles. The van der Waals surface area contributed by atoms with Crippen molar-refractivity contribution in [2.75, 3.05) is 0 Å². The van der Waals surface area contributed by atoms with E-state index in [9.17, 15) is 9.90 Å². The van der Waals surface area contributed by atoms with Gasteiger partial charge in [-0.25, -0.2) is 0 Å². The van der Waals surface area contributed by atoms with Crippen LogP contribution in [0.1, 0.15) is 71.1 Å². The highest BCUT2D eigenvalue weighted by atomic mass is 16.4. The summed E-state index contributed by atoms with van der Waals surface area (Å²) in [6, 6.07) is 0. The van der Waals surface area contributed by atoms with Crippen molar-refractivity contribution in [2.24, 2.45) is 17.3 Å². The zero-order valence-electron chi connectivity index (χ0n) is 11.1. The molecule has 0 heterocycles. The molecule has 17 heavy (non-hydrogen) atoms. The molecule has 2 fully saturated rings. The third-order valence-electron chi connectivity index (χ3n) is 5.38. The van der Waals surface area contributed by atoms with Gasteiger partial charge in [-0.3, -0.25) is 4.79 Å². The second-order valence-corrected chi connectivity index (χ2v) is 6.15. The highest BCUT2D eigenvalue weighted by Gasteiger charge is 2.46. The summed E-state index contributed by atoms with van der Waals surface area (Å²) >= 11 is 0. The molecular weight excluding hydrogens is 212 g/mol. The first-order chi connectivity index (χ1) is 8.19. The highest BCUT2D eigenvalue weighted by Crippen LogP contribution is 2.49. The van der Waals surface area contributed by atoms with E-state index >= 15 is 0 Å². The van der Waals surface area contributed by atoms with Crippen LogP contribution in [0, 0.1) is 17.3 Å². The Labute approximate surface area is 105 Å². The van der Waals surface area contributed by atoms with Gasteiger partial charge in [0.15, 0.2) is 0 Å². The van der Waals surface area contributed by atoms with E-state index in [2.05, 4.69) is 6.92 Å². The first-order valence-electron chi connectivity index (χ1n) is 7.42. The SMILES string of the molecule is CCC1CCC(C2(C(=O)O)CCCCC2)CC1. The molecule has 0 atom stereocenters. The molecule has 0 aromatic rings. The van der Waals surface area contributed by atoms with Gasteiger partial charge in [0.25, 0.3) is 0 Å². The maximum atomic E-state index is 11.7. The molecule has 0 spiro atoms. The Balaban J connectivity index is 2.04. The number of hydrogen-bond acceptors (Lipinski definition) is 1. The largest absolute Gasteiger partial charge is 0.481 e. The molecule has 0 aliphatic heterocycles. The molecule has 2 heteroatoms. The van der Waals surface area contributed by atoms with Gasteiger partial charge in [0.1, 0.15) is 0 Å². The van der Waals surface area contributed by atoms with E-state index in [-0.39, 0.29) is 5.41 Å². The Morgan fingerprint density at radius 1 is 1.12 bits per heavy atom. The molecule has 0 saturated heterocycles. The fourth-order valence-corrected chi connectivity index (χ4v) is 4.10. The minimum absolute atomic E-state index is 0.350. The van der Waals surface area contributed by atoms with Crippen molar-refractivity contribution in [3.8, 4) is 0 Å². The Kier molecular flexibility index (Phi) is 4.11. The van der Waals surface area contributed by atoms with Crippen LogP contribution in [0.4, 0.5) is 0 Å². The molecule has 0 amide bonds. The summed E-state index contributed by atoms with van der Waals surface area (Å²) in [5.41, 5.74) is -0.350. The van der Waals surface area contributed by atoms with Crippen LogP contribution in [0.5, 0.6) is 0 Å². The van der Waals surface area contributed by atoms with Crippen LogP contribution in [-0.4, -0.2) is 11.1 Å². The van der Waals surface area contributed by atoms with Crippen molar-refractivity contribution in [3.05, 3.63) is 0 Å². The predicted octanol–water partition coefficient (Wildman–Crippen LogP) is 4.24. The van der Waals surface area contributed by atoms with Crippen LogP contribution in [0.2, 0.25) is 0 Å². The summed E-state index contributed by atoms with van der Waals surface area (Å²) in [5.74, 6) is 0.820. The zero-order valence-corrected chi connectivity index (χ0v) is 11.1. The first-order valence-corrected chi connectivity index (χ1v) is 7.42. The second-order valence-electron chi connectivity index (χ2n) is 6.15. The second kappa shape index (κ2) is 5.41. The lowest BCUT2D eigenvalue weighted by Gasteiger charge is -2.43. The zero-order chi connectivity index (χ0) is 12.3. The normalized spacial score (nSPS) is 33.2. The number of carboxylic acid groups (broad SMARTS) is 1. The Bertz CT molecular complexity index is 258. The van der Waals surface area contributed by atoms with Gasteiger partial charge in [-0.15, -0.1) is 0 Å². The summed E-state index contributed by atoms with van der Waals surface area (Å²) in [4.78, 5) is 11.7. The van der Waals surface area contributed by atoms with E-state index in [1.807, 2.05) is 0 Å². The van der Waals surface area contributed by atoms with Crippen LogP contribution in [0.3, 0.4) is 0 Å². The van der Waals surface area contributed by atoms with E-state index in [1.54, 1.807) is 0 Å². The van der Waals surface area contributed by atoms with Gasteiger partial charge < -0.3 is 5.11 Å². The fraction of sp³-hybridized carbons (Fsp3) is 0.933. The van der Waals surface area contributed by atoms with Gasteiger partial charge in [-0.05, 0) is 37.5 Å². The van der Waals surface area contributed by atoms with E-state index in [0.717, 1.165) is 44.4 Å². The standard InChI is InChI=1S/C15H26O2/c1-2-12-6-8-13(9-7-12)15(14(16)17)10-4-3-5-11-15/h12-13H,2-11H2,1H3,(H,16,17). The lowest BCUT2D eigenvalue weighted by atomic mass is 9.60. The molecule has 0 bridgehead atoms. The molecule has 0 unspecified atom stereocenters. The number of carboxylic acids is 1. The van der Waals surface area contributed by atoms with Gasteiger partial charge in [0.2, 0.25) is 0 Å². The van der Waals surface area contributed by atoms with Crippen molar-refractivity contribution in [1.29, 1.82) is 0 Å². The molecule has 2 saturated carbocycles. The van der Waals surface area contributed by atoms with Crippen LogP contribution >= 0.6 is 0 Å². The van der Waals surface area contributed by atoms with Crippen molar-refractivity contribution < 1.29 is 9.90 Å². The summed E-state index contributed by atoms with van der Waals surface area (Å²) in [6.45, 7) is 2.26. The average molecular weight is 238 g/mol. The molecule has 2 aliphatic carbocycles. The Hall–Kier alpha value is -0.530. The predicted molar refractivity (Wildman–Crippen MR) is 68.9 cm³/mol. The molecule has 98 valence electrons. The van der Waals surface area contributed by atoms with E-state index in [4.69, 9.17) is 0 Å². The van der Waals surface area contributed by atoms with Crippen LogP contribution in [0.25, 0.3) is 0 Å². The van der Waals surface area contributed by atoms with Crippen molar-refractivity contribution in [1.82, 2.24) is 0 Å². The molecular formula is C15H26O2. The first kappa shape index (κ1) is 12.9. The fourth-order valence-electron chi connectivity index (χ4n) is 4.10. The van der Waals surface area contributed by atoms with Crippen LogP contribution < -0.4 is 0 Å². The van der Waals surface area contributed by atoms with Gasteiger partial charge in [-0.1, -0.05) is 45.4 Å². The molecule has 2 aliphatic rings. The number of carbonyl (C=O) groups is 1. The molecule has 2 nitrogen and oxygen atoms in total. The quantitative estimate of drug-likeness (QED) is 0.798. The minimum Gasteiger partial charge on any atom is -0.481 e. The van der Waals surface area contributed by atoms with Crippen LogP contribution in [-0.2, 0) is 4.79 Å². The topological polar surface area (TPSA) is 37.3 Å². The molecule has 2 rings (SSSR count). The highest BCUT2D eigenvalue weighted by molar-refractivity contribution is 5.75. The van der Waals surface area contributed by atoms with Crippen molar-refractivity contribution in [3.63, 3.8) is 0 Å². The lowest BCUT2D eigenvalue weighted by Crippen LogP contribution is -2.42. The average Bonchev–Trinajstić information content (AvgIpc) is 2.39. The molecule has 0 aromatic heterocycles. The van der Waals surface area contributed by atoms with E-state index in [1.165, 1.54) is 25.7 Å². The van der Waals surface area contributed by atoms with Crippen molar-refractivity contribution in [2.45, 2.75) is 71.1 Å². The number of aliphatic carboxylic acids is 1. The lowest BCUT2D eigenvalue weighted by molar-refractivity contribution is -0.156. The van der Waals surface area contributed by atoms with E-state index in [0.29, 0.717) is 5.92 Å². The summed E-state index contributed by atoms with van der Waals surface area (Å²) in [7, 11) is 0. The van der Waals surface area contributed by atoms with Gasteiger partial charge in [0.05, 0.1) is 5.41 Å². The summed E-state index contributed by atoms with van der Waals surface area (Å²) in [6.07, 6.45) is 11.5. The summed E-state index contributed by atoms with van der Waals surface area (Å²) in [5, 5.41) is 9.66. The van der Waals surface area contributed by atoms with Crippen LogP contribution in [0.15, 0.2) is 0 Å². The molecule has 1 N–H and O–H groups in total. The number of rotatable bonds is 3. The van der Waals surface area contributed by atoms with Gasteiger partial charge in [-0.2, -0.15) is 0 Å². The smallest absolute Gasteiger partial charge is 0.309 e. The third kappa shape index (κ3) is 2.51. The van der Waals surface area contributed by atoms with E-state index < -0.39 is 5.97 Å². The summed E-state index contributed by atoms with van der Waals surface area (Å²) < 4.78 is 0. The monoisotopic (exact) mass is 238 g/mol. The van der Waals surface area contributed by atoms with Gasteiger partial charge in [0, 0.05) is 0 Å². The Morgan fingerprint density at radius 3 is 2.18 bits per heavy atom. The molecule has 0 radical (unpaired) electrons. The Morgan fingerprint density at radius 2 is 1.71 bits per heavy atom. The minimum atomic E-state index is -0.503.